The Bertz CT molecular complexity index is 1020. The standard InChI is InChI=1S/C30H42N2O7/c1-19(31-29(36)26-9-6-14-38-26)25(33)17-22(15-21-10-12-23(37-3)13-11-21)28(35)32-24(16-20-7-4-5-8-20)27(34)30(2)18-39-30/h10-13,19-20,22,24,26H,4-9,14-18H2,1-3H3,(H,31,36)(H,32,35). The highest BCUT2D eigenvalue weighted by Crippen LogP contribution is 2.34. The van der Waals surface area contributed by atoms with Crippen LogP contribution in [-0.4, -0.2) is 67.5 Å². The van der Waals surface area contributed by atoms with Crippen molar-refractivity contribution in [1.29, 1.82) is 0 Å². The van der Waals surface area contributed by atoms with Gasteiger partial charge < -0.3 is 24.8 Å². The van der Waals surface area contributed by atoms with E-state index in [1.807, 2.05) is 24.3 Å². The van der Waals surface area contributed by atoms with Crippen molar-refractivity contribution in [2.45, 2.75) is 95.4 Å². The minimum Gasteiger partial charge on any atom is -0.497 e. The average Bonchev–Trinajstić information content (AvgIpc) is 3.32. The second kappa shape index (κ2) is 13.0. The maximum absolute atomic E-state index is 13.7. The quantitative estimate of drug-likeness (QED) is 0.347. The van der Waals surface area contributed by atoms with E-state index in [0.717, 1.165) is 37.7 Å². The summed E-state index contributed by atoms with van der Waals surface area (Å²) >= 11 is 0. The monoisotopic (exact) mass is 542 g/mol. The van der Waals surface area contributed by atoms with E-state index < -0.39 is 29.7 Å². The lowest BCUT2D eigenvalue weighted by Gasteiger charge is -2.26. The Kier molecular flexibility index (Phi) is 9.77. The Hall–Kier alpha value is -2.78. The molecule has 0 aromatic heterocycles. The van der Waals surface area contributed by atoms with E-state index in [1.165, 1.54) is 0 Å². The molecule has 1 saturated carbocycles. The Labute approximate surface area is 230 Å². The summed E-state index contributed by atoms with van der Waals surface area (Å²) in [5.74, 6) is -0.611. The molecule has 5 unspecified atom stereocenters. The lowest BCUT2D eigenvalue weighted by atomic mass is 9.88. The summed E-state index contributed by atoms with van der Waals surface area (Å²) < 4.78 is 16.1. The van der Waals surface area contributed by atoms with E-state index in [9.17, 15) is 19.2 Å². The molecule has 9 heteroatoms. The van der Waals surface area contributed by atoms with E-state index in [1.54, 1.807) is 21.0 Å². The molecule has 2 saturated heterocycles. The number of carbonyl (C=O) groups excluding carboxylic acids is 4. The second-order valence-corrected chi connectivity index (χ2v) is 11.5. The van der Waals surface area contributed by atoms with Crippen LogP contribution in [-0.2, 0) is 35.1 Å². The van der Waals surface area contributed by atoms with Crippen LogP contribution in [0, 0.1) is 11.8 Å². The van der Waals surface area contributed by atoms with Crippen molar-refractivity contribution < 1.29 is 33.4 Å². The number of amides is 2. The molecule has 0 spiro atoms. The fraction of sp³-hybridized carbons (Fsp3) is 0.667. The highest BCUT2D eigenvalue weighted by molar-refractivity contribution is 5.98. The predicted molar refractivity (Wildman–Crippen MR) is 144 cm³/mol. The SMILES string of the molecule is COc1ccc(CC(CC(=O)C(C)NC(=O)C2CCCO2)C(=O)NC(CC2CCCC2)C(=O)C2(C)CO2)cc1. The molecule has 0 radical (unpaired) electrons. The van der Waals surface area contributed by atoms with Crippen molar-refractivity contribution in [1.82, 2.24) is 10.6 Å². The molecular weight excluding hydrogens is 500 g/mol. The molecule has 39 heavy (non-hydrogen) atoms. The first-order chi connectivity index (χ1) is 18.7. The number of nitrogens with one attached hydrogen (secondary N) is 2. The summed E-state index contributed by atoms with van der Waals surface area (Å²) in [7, 11) is 1.59. The van der Waals surface area contributed by atoms with Gasteiger partial charge in [-0.3, -0.25) is 19.2 Å². The zero-order valence-corrected chi connectivity index (χ0v) is 23.3. The Morgan fingerprint density at radius 1 is 1.05 bits per heavy atom. The fourth-order valence-electron chi connectivity index (χ4n) is 5.61. The third kappa shape index (κ3) is 7.88. The average molecular weight is 543 g/mol. The van der Waals surface area contributed by atoms with Crippen molar-refractivity contribution in [3.8, 4) is 5.75 Å². The molecule has 1 aromatic rings. The number of hydrogen-bond acceptors (Lipinski definition) is 7. The highest BCUT2D eigenvalue weighted by atomic mass is 16.6. The van der Waals surface area contributed by atoms with Crippen LogP contribution in [0.4, 0.5) is 0 Å². The number of ketones is 2. The third-order valence-electron chi connectivity index (χ3n) is 8.30. The molecule has 214 valence electrons. The maximum atomic E-state index is 13.7. The van der Waals surface area contributed by atoms with E-state index >= 15 is 0 Å². The Morgan fingerprint density at radius 2 is 1.74 bits per heavy atom. The number of methoxy groups -OCH3 is 1. The highest BCUT2D eigenvalue weighted by Gasteiger charge is 2.50. The summed E-state index contributed by atoms with van der Waals surface area (Å²) in [4.78, 5) is 52.7. The third-order valence-corrected chi connectivity index (χ3v) is 8.30. The van der Waals surface area contributed by atoms with Gasteiger partial charge in [0.2, 0.25) is 11.8 Å². The molecule has 1 aromatic carbocycles. The minimum absolute atomic E-state index is 0.0665. The van der Waals surface area contributed by atoms with Gasteiger partial charge in [0, 0.05) is 18.9 Å². The number of carbonyl (C=O) groups is 4. The molecule has 2 aliphatic heterocycles. The number of Topliss-reactive ketones (excluding diaryl/α,β-unsaturated/α-hetero) is 2. The summed E-state index contributed by atoms with van der Waals surface area (Å²) in [5, 5.41) is 5.76. The molecule has 2 N–H and O–H groups in total. The van der Waals surface area contributed by atoms with Crippen molar-refractivity contribution in [2.75, 3.05) is 20.3 Å². The molecule has 2 heterocycles. The van der Waals surface area contributed by atoms with E-state index in [0.29, 0.717) is 44.1 Å². The van der Waals surface area contributed by atoms with Crippen LogP contribution in [0.25, 0.3) is 0 Å². The normalized spacial score (nSPS) is 24.9. The van der Waals surface area contributed by atoms with Gasteiger partial charge >= 0.3 is 0 Å². The molecular formula is C30H42N2O7. The largest absolute Gasteiger partial charge is 0.497 e. The van der Waals surface area contributed by atoms with Gasteiger partial charge in [-0.25, -0.2) is 0 Å². The molecule has 1 aliphatic carbocycles. The number of hydrogen-bond donors (Lipinski definition) is 2. The van der Waals surface area contributed by atoms with Crippen LogP contribution in [0.3, 0.4) is 0 Å². The molecule has 5 atom stereocenters. The van der Waals surface area contributed by atoms with Crippen LogP contribution in [0.2, 0.25) is 0 Å². The first-order valence-electron chi connectivity index (χ1n) is 14.2. The number of ether oxygens (including phenoxy) is 3. The molecule has 0 bridgehead atoms. The second-order valence-electron chi connectivity index (χ2n) is 11.5. The molecule has 2 amide bonds. The maximum Gasteiger partial charge on any atom is 0.249 e. The van der Waals surface area contributed by atoms with Gasteiger partial charge in [0.05, 0.1) is 25.8 Å². The zero-order chi connectivity index (χ0) is 28.0. The molecule has 3 fully saturated rings. The van der Waals surface area contributed by atoms with Gasteiger partial charge in [-0.2, -0.15) is 0 Å². The number of epoxide rings is 1. The van der Waals surface area contributed by atoms with E-state index in [4.69, 9.17) is 14.2 Å². The van der Waals surface area contributed by atoms with Crippen LogP contribution in [0.5, 0.6) is 5.75 Å². The topological polar surface area (TPSA) is 123 Å². The van der Waals surface area contributed by atoms with Gasteiger partial charge in [-0.15, -0.1) is 0 Å². The zero-order valence-electron chi connectivity index (χ0n) is 23.3. The predicted octanol–water partition coefficient (Wildman–Crippen LogP) is 2.92. The van der Waals surface area contributed by atoms with Crippen LogP contribution >= 0.6 is 0 Å². The first-order valence-corrected chi connectivity index (χ1v) is 14.2. The summed E-state index contributed by atoms with van der Waals surface area (Å²) in [6.07, 6.45) is 6.11. The number of benzene rings is 1. The van der Waals surface area contributed by atoms with E-state index in [-0.39, 0.29) is 29.8 Å². The van der Waals surface area contributed by atoms with Gasteiger partial charge in [0.1, 0.15) is 17.5 Å². The van der Waals surface area contributed by atoms with Gasteiger partial charge in [0.25, 0.3) is 0 Å². The lowest BCUT2D eigenvalue weighted by Crippen LogP contribution is -2.50. The molecule has 3 aliphatic rings. The summed E-state index contributed by atoms with van der Waals surface area (Å²) in [6.45, 7) is 4.29. The van der Waals surface area contributed by atoms with E-state index in [2.05, 4.69) is 10.6 Å². The summed E-state index contributed by atoms with van der Waals surface area (Å²) in [5.41, 5.74) is 0.0230. The Balaban J connectivity index is 1.46. The Morgan fingerprint density at radius 3 is 2.33 bits per heavy atom. The van der Waals surface area contributed by atoms with Crippen LogP contribution < -0.4 is 15.4 Å². The fourth-order valence-corrected chi connectivity index (χ4v) is 5.61. The van der Waals surface area contributed by atoms with Gasteiger partial charge in [-0.1, -0.05) is 37.8 Å². The van der Waals surface area contributed by atoms with Crippen LogP contribution in [0.15, 0.2) is 24.3 Å². The smallest absolute Gasteiger partial charge is 0.249 e. The van der Waals surface area contributed by atoms with Crippen molar-refractivity contribution in [2.24, 2.45) is 11.8 Å². The lowest BCUT2D eigenvalue weighted by molar-refractivity contribution is -0.136. The van der Waals surface area contributed by atoms with Gasteiger partial charge in [0.15, 0.2) is 11.6 Å². The molecule has 9 nitrogen and oxygen atoms in total. The number of rotatable bonds is 14. The van der Waals surface area contributed by atoms with Crippen LogP contribution in [0.1, 0.15) is 70.8 Å². The summed E-state index contributed by atoms with van der Waals surface area (Å²) in [6, 6.07) is 5.95. The van der Waals surface area contributed by atoms with Crippen molar-refractivity contribution >= 4 is 23.4 Å². The van der Waals surface area contributed by atoms with Crippen molar-refractivity contribution in [3.05, 3.63) is 29.8 Å². The minimum atomic E-state index is -0.848. The van der Waals surface area contributed by atoms with Crippen molar-refractivity contribution in [3.63, 3.8) is 0 Å². The van der Waals surface area contributed by atoms with Gasteiger partial charge in [-0.05, 0) is 63.1 Å². The molecule has 4 rings (SSSR count). The first kappa shape index (κ1) is 29.2.